The van der Waals surface area contributed by atoms with E-state index in [2.05, 4.69) is 32.7 Å². The van der Waals surface area contributed by atoms with Gasteiger partial charge in [0, 0.05) is 12.1 Å². The first-order valence-electron chi connectivity index (χ1n) is 6.47. The van der Waals surface area contributed by atoms with Gasteiger partial charge in [-0.15, -0.1) is 0 Å². The smallest absolute Gasteiger partial charge is 0.0331 e. The monoisotopic (exact) mass is 212 g/mol. The Bertz CT molecular complexity index is 191. The lowest BCUT2D eigenvalue weighted by Gasteiger charge is -2.47. The van der Waals surface area contributed by atoms with Crippen LogP contribution in [0.25, 0.3) is 0 Å². The van der Waals surface area contributed by atoms with E-state index in [1.54, 1.807) is 0 Å². The molecule has 2 N–H and O–H groups in total. The van der Waals surface area contributed by atoms with Crippen molar-refractivity contribution in [1.29, 1.82) is 0 Å². The molecule has 0 aromatic heterocycles. The second kappa shape index (κ2) is 5.31. The fourth-order valence-electron chi connectivity index (χ4n) is 2.98. The molecule has 0 bridgehead atoms. The molecule has 1 rings (SSSR count). The van der Waals surface area contributed by atoms with Crippen LogP contribution >= 0.6 is 0 Å². The third kappa shape index (κ3) is 2.73. The highest BCUT2D eigenvalue weighted by atomic mass is 15.2. The number of nitrogens with two attached hydrogens (primary N) is 1. The molecule has 2 atom stereocenters. The third-order valence-electron chi connectivity index (χ3n) is 4.47. The first kappa shape index (κ1) is 13.0. The quantitative estimate of drug-likeness (QED) is 0.776. The van der Waals surface area contributed by atoms with Crippen molar-refractivity contribution >= 4 is 0 Å². The van der Waals surface area contributed by atoms with Gasteiger partial charge in [-0.1, -0.05) is 33.6 Å². The van der Waals surface area contributed by atoms with Gasteiger partial charge in [0.25, 0.3) is 0 Å². The first-order chi connectivity index (χ1) is 7.05. The van der Waals surface area contributed by atoms with E-state index < -0.39 is 0 Å². The maximum absolute atomic E-state index is 6.04. The second-order valence-corrected chi connectivity index (χ2v) is 5.54. The van der Waals surface area contributed by atoms with Gasteiger partial charge in [0.2, 0.25) is 0 Å². The highest BCUT2D eigenvalue weighted by Crippen LogP contribution is 2.38. The minimum absolute atomic E-state index is 0.294. The number of hydrogen-bond acceptors (Lipinski definition) is 2. The van der Waals surface area contributed by atoms with Crippen molar-refractivity contribution in [3.8, 4) is 0 Å². The minimum atomic E-state index is 0.294. The Balaban J connectivity index is 2.72. The molecule has 0 aromatic rings. The summed E-state index contributed by atoms with van der Waals surface area (Å²) in [5.41, 5.74) is 6.33. The predicted molar refractivity (Wildman–Crippen MR) is 66.9 cm³/mol. The molecule has 0 aromatic carbocycles. The molecular weight excluding hydrogens is 184 g/mol. The van der Waals surface area contributed by atoms with E-state index in [9.17, 15) is 0 Å². The lowest BCUT2D eigenvalue weighted by atomic mass is 9.71. The molecular formula is C13H28N2. The molecule has 0 aliphatic heterocycles. The van der Waals surface area contributed by atoms with Gasteiger partial charge in [-0.2, -0.15) is 0 Å². The number of nitrogens with zero attached hydrogens (tertiary/aromatic N) is 1. The minimum Gasteiger partial charge on any atom is -0.329 e. The SMILES string of the molecule is CCN(C)C1(CN)CCCC(C(C)C)C1. The average molecular weight is 212 g/mol. The summed E-state index contributed by atoms with van der Waals surface area (Å²) in [5.74, 6) is 1.68. The van der Waals surface area contributed by atoms with Gasteiger partial charge in [-0.3, -0.25) is 4.90 Å². The summed E-state index contributed by atoms with van der Waals surface area (Å²) in [7, 11) is 2.23. The van der Waals surface area contributed by atoms with Crippen molar-refractivity contribution in [3.63, 3.8) is 0 Å². The summed E-state index contributed by atoms with van der Waals surface area (Å²) in [5, 5.41) is 0. The van der Waals surface area contributed by atoms with E-state index in [4.69, 9.17) is 5.73 Å². The van der Waals surface area contributed by atoms with Crippen LogP contribution in [-0.2, 0) is 0 Å². The molecule has 2 nitrogen and oxygen atoms in total. The summed E-state index contributed by atoms with van der Waals surface area (Å²) in [6.07, 6.45) is 5.34. The van der Waals surface area contributed by atoms with Crippen LogP contribution in [0.3, 0.4) is 0 Å². The van der Waals surface area contributed by atoms with Crippen LogP contribution in [0.2, 0.25) is 0 Å². The van der Waals surface area contributed by atoms with Crippen LogP contribution in [0.5, 0.6) is 0 Å². The Morgan fingerprint density at radius 1 is 1.47 bits per heavy atom. The van der Waals surface area contributed by atoms with Crippen molar-refractivity contribution < 1.29 is 0 Å². The maximum atomic E-state index is 6.04. The van der Waals surface area contributed by atoms with Crippen LogP contribution in [0.1, 0.15) is 46.5 Å². The van der Waals surface area contributed by atoms with E-state index in [1.165, 1.54) is 25.7 Å². The molecule has 15 heavy (non-hydrogen) atoms. The molecule has 2 unspecified atom stereocenters. The van der Waals surface area contributed by atoms with Crippen LogP contribution in [-0.4, -0.2) is 30.6 Å². The maximum Gasteiger partial charge on any atom is 0.0331 e. The van der Waals surface area contributed by atoms with Crippen molar-refractivity contribution in [1.82, 2.24) is 4.90 Å². The van der Waals surface area contributed by atoms with Crippen molar-refractivity contribution in [2.75, 3.05) is 20.1 Å². The molecule has 0 radical (unpaired) electrons. The Hall–Kier alpha value is -0.0800. The zero-order chi connectivity index (χ0) is 11.5. The van der Waals surface area contributed by atoms with Crippen LogP contribution in [0.15, 0.2) is 0 Å². The van der Waals surface area contributed by atoms with E-state index in [0.717, 1.165) is 24.9 Å². The van der Waals surface area contributed by atoms with Crippen LogP contribution in [0, 0.1) is 11.8 Å². The molecule has 0 amide bonds. The Morgan fingerprint density at radius 3 is 2.60 bits per heavy atom. The summed E-state index contributed by atoms with van der Waals surface area (Å²) in [6, 6.07) is 0. The largest absolute Gasteiger partial charge is 0.329 e. The lowest BCUT2D eigenvalue weighted by Crippen LogP contribution is -2.55. The Labute approximate surface area is 95.2 Å². The number of hydrogen-bond donors (Lipinski definition) is 1. The average Bonchev–Trinajstić information content (AvgIpc) is 2.27. The zero-order valence-electron chi connectivity index (χ0n) is 10.9. The summed E-state index contributed by atoms with van der Waals surface area (Å²) < 4.78 is 0. The van der Waals surface area contributed by atoms with Crippen LogP contribution in [0.4, 0.5) is 0 Å². The Morgan fingerprint density at radius 2 is 2.13 bits per heavy atom. The standard InChI is InChI=1S/C13H28N2/c1-5-15(4)13(10-14)8-6-7-12(9-13)11(2)3/h11-12H,5-10,14H2,1-4H3. The second-order valence-electron chi connectivity index (χ2n) is 5.54. The van der Waals surface area contributed by atoms with Gasteiger partial charge in [-0.05, 0) is 38.3 Å². The van der Waals surface area contributed by atoms with Crippen molar-refractivity contribution in [2.45, 2.75) is 52.0 Å². The van der Waals surface area contributed by atoms with Gasteiger partial charge in [0.15, 0.2) is 0 Å². The number of likely N-dealkylation sites (N-methyl/N-ethyl adjacent to an activating group) is 1. The topological polar surface area (TPSA) is 29.3 Å². The van der Waals surface area contributed by atoms with E-state index >= 15 is 0 Å². The molecule has 0 spiro atoms. The molecule has 1 fully saturated rings. The predicted octanol–water partition coefficient (Wildman–Crippen LogP) is 2.48. The summed E-state index contributed by atoms with van der Waals surface area (Å²) >= 11 is 0. The fourth-order valence-corrected chi connectivity index (χ4v) is 2.98. The van der Waals surface area contributed by atoms with Gasteiger partial charge in [0.05, 0.1) is 0 Å². The summed E-state index contributed by atoms with van der Waals surface area (Å²) in [6.45, 7) is 8.87. The first-order valence-corrected chi connectivity index (χ1v) is 6.47. The highest BCUT2D eigenvalue weighted by Gasteiger charge is 2.38. The molecule has 1 aliphatic rings. The molecule has 1 saturated carbocycles. The molecule has 0 heterocycles. The van der Waals surface area contributed by atoms with Gasteiger partial charge >= 0.3 is 0 Å². The van der Waals surface area contributed by atoms with Crippen molar-refractivity contribution in [3.05, 3.63) is 0 Å². The fraction of sp³-hybridized carbons (Fsp3) is 1.00. The van der Waals surface area contributed by atoms with E-state index in [1.807, 2.05) is 0 Å². The normalized spacial score (nSPS) is 32.6. The van der Waals surface area contributed by atoms with Gasteiger partial charge in [-0.25, -0.2) is 0 Å². The van der Waals surface area contributed by atoms with Gasteiger partial charge < -0.3 is 5.73 Å². The lowest BCUT2D eigenvalue weighted by molar-refractivity contribution is 0.0491. The van der Waals surface area contributed by atoms with Crippen LogP contribution < -0.4 is 5.73 Å². The number of rotatable bonds is 4. The van der Waals surface area contributed by atoms with Crippen molar-refractivity contribution in [2.24, 2.45) is 17.6 Å². The highest BCUT2D eigenvalue weighted by molar-refractivity contribution is 4.95. The molecule has 0 saturated heterocycles. The van der Waals surface area contributed by atoms with Gasteiger partial charge in [0.1, 0.15) is 0 Å². The Kier molecular flexibility index (Phi) is 4.60. The van der Waals surface area contributed by atoms with E-state index in [0.29, 0.717) is 5.54 Å². The molecule has 1 aliphatic carbocycles. The third-order valence-corrected chi connectivity index (χ3v) is 4.47. The molecule has 2 heteroatoms. The molecule has 90 valence electrons. The van der Waals surface area contributed by atoms with E-state index in [-0.39, 0.29) is 0 Å². The zero-order valence-corrected chi connectivity index (χ0v) is 10.9. The summed E-state index contributed by atoms with van der Waals surface area (Å²) in [4.78, 5) is 2.47.